The Morgan fingerprint density at radius 1 is 1.33 bits per heavy atom. The van der Waals surface area contributed by atoms with Crippen LogP contribution >= 0.6 is 0 Å². The Kier molecular flexibility index (Phi) is 13.9. The number of rotatable bonds is 8. The van der Waals surface area contributed by atoms with Crippen LogP contribution in [-0.2, 0) is 9.47 Å². The normalized spacial score (nSPS) is 10.6. The molecule has 6 heteroatoms. The molecule has 0 aromatic heterocycles. The summed E-state index contributed by atoms with van der Waals surface area (Å²) in [6.07, 6.45) is 2.88. The monoisotopic (exact) mass is 301 g/mol. The molecule has 0 atom stereocenters. The number of hydrogen-bond donors (Lipinski definition) is 1. The number of ether oxygens (including phenoxy) is 2. The first-order valence-electron chi connectivity index (χ1n) is 7.31. The average molecular weight is 301 g/mol. The first-order valence-corrected chi connectivity index (χ1v) is 7.31. The zero-order valence-electron chi connectivity index (χ0n) is 14.3. The molecule has 0 heterocycles. The summed E-state index contributed by atoms with van der Waals surface area (Å²) >= 11 is 0. The van der Waals surface area contributed by atoms with E-state index < -0.39 is 11.7 Å². The molecule has 0 aliphatic heterocycles. The van der Waals surface area contributed by atoms with E-state index in [1.807, 2.05) is 41.5 Å². The van der Waals surface area contributed by atoms with Gasteiger partial charge in [0, 0.05) is 19.0 Å². The lowest BCUT2D eigenvalue weighted by Crippen LogP contribution is -2.34. The maximum absolute atomic E-state index is 11.3. The van der Waals surface area contributed by atoms with Crippen LogP contribution in [0.1, 0.15) is 41.5 Å². The number of hydrogen-bond acceptors (Lipinski definition) is 5. The highest BCUT2D eigenvalue weighted by Gasteiger charge is 2.15. The van der Waals surface area contributed by atoms with Gasteiger partial charge in [0.15, 0.2) is 0 Å². The largest absolute Gasteiger partial charge is 0.444 e. The minimum Gasteiger partial charge on any atom is -0.444 e. The Balaban J connectivity index is 0. The van der Waals surface area contributed by atoms with E-state index in [0.29, 0.717) is 26.3 Å². The van der Waals surface area contributed by atoms with Crippen LogP contribution in [0.15, 0.2) is 17.9 Å². The topological polar surface area (TPSA) is 63.2 Å². The Hall–Kier alpha value is -1.56. The van der Waals surface area contributed by atoms with Crippen LogP contribution in [0, 0.1) is 0 Å². The van der Waals surface area contributed by atoms with Gasteiger partial charge in [-0.1, -0.05) is 20.4 Å². The second-order valence-corrected chi connectivity index (χ2v) is 4.76. The third-order valence-electron chi connectivity index (χ3n) is 1.85. The first kappa shape index (κ1) is 21.7. The molecule has 124 valence electrons. The molecular weight excluding hydrogens is 270 g/mol. The van der Waals surface area contributed by atoms with Crippen molar-refractivity contribution in [3.8, 4) is 0 Å². The minimum absolute atomic E-state index is 0.417. The summed E-state index contributed by atoms with van der Waals surface area (Å²) in [5.41, 5.74) is -0.479. The lowest BCUT2D eigenvalue weighted by molar-refractivity contribution is 0.0495. The molecule has 1 amide bonds. The second kappa shape index (κ2) is 13.4. The molecule has 1 N–H and O–H groups in total. The zero-order valence-corrected chi connectivity index (χ0v) is 14.3. The van der Waals surface area contributed by atoms with Crippen molar-refractivity contribution in [2.24, 2.45) is 5.10 Å². The summed E-state index contributed by atoms with van der Waals surface area (Å²) in [6.45, 7) is 16.9. The fourth-order valence-corrected chi connectivity index (χ4v) is 1.14. The molecule has 0 radical (unpaired) electrons. The Morgan fingerprint density at radius 2 is 1.95 bits per heavy atom. The van der Waals surface area contributed by atoms with Crippen LogP contribution in [0.2, 0.25) is 0 Å². The first-order chi connectivity index (χ1) is 9.89. The van der Waals surface area contributed by atoms with Crippen molar-refractivity contribution in [2.75, 3.05) is 26.3 Å². The van der Waals surface area contributed by atoms with Crippen molar-refractivity contribution in [1.29, 1.82) is 0 Å². The highest BCUT2D eigenvalue weighted by atomic mass is 16.6. The third-order valence-corrected chi connectivity index (χ3v) is 1.85. The van der Waals surface area contributed by atoms with Gasteiger partial charge in [0.2, 0.25) is 0 Å². The van der Waals surface area contributed by atoms with E-state index in [1.165, 1.54) is 0 Å². The van der Waals surface area contributed by atoms with Crippen LogP contribution in [0.5, 0.6) is 0 Å². The summed E-state index contributed by atoms with van der Waals surface area (Å²) in [4.78, 5) is 11.3. The van der Waals surface area contributed by atoms with Crippen LogP contribution in [0.25, 0.3) is 0 Å². The summed E-state index contributed by atoms with van der Waals surface area (Å²) in [5, 5.41) is 8.35. The highest BCUT2D eigenvalue weighted by molar-refractivity contribution is 5.67. The summed E-state index contributed by atoms with van der Waals surface area (Å²) in [5.74, 6) is 0. The summed E-state index contributed by atoms with van der Waals surface area (Å²) in [6, 6.07) is 0. The Bertz CT molecular complexity index is 299. The van der Waals surface area contributed by atoms with E-state index in [0.717, 1.165) is 0 Å². The molecule has 0 bridgehead atoms. The van der Waals surface area contributed by atoms with Crippen molar-refractivity contribution < 1.29 is 14.3 Å². The molecule has 0 aromatic carbocycles. The molecule has 0 unspecified atom stereocenters. The van der Waals surface area contributed by atoms with E-state index >= 15 is 0 Å². The van der Waals surface area contributed by atoms with Crippen LogP contribution in [0.4, 0.5) is 4.79 Å². The van der Waals surface area contributed by atoms with Crippen LogP contribution < -0.4 is 5.32 Å². The molecular formula is C15H31N3O3. The number of hydrazone groups is 1. The number of nitrogens with one attached hydrogen (secondary N) is 1. The van der Waals surface area contributed by atoms with Gasteiger partial charge in [0.25, 0.3) is 0 Å². The van der Waals surface area contributed by atoms with Gasteiger partial charge in [-0.15, -0.1) is 0 Å². The Labute approximate surface area is 129 Å². The highest BCUT2D eigenvalue weighted by Crippen LogP contribution is 2.05. The lowest BCUT2D eigenvalue weighted by atomic mass is 10.2. The molecule has 0 fully saturated rings. The molecule has 21 heavy (non-hydrogen) atoms. The molecule has 0 saturated heterocycles. The molecule has 6 nitrogen and oxygen atoms in total. The van der Waals surface area contributed by atoms with Gasteiger partial charge >= 0.3 is 6.09 Å². The quantitative estimate of drug-likeness (QED) is 0.425. The van der Waals surface area contributed by atoms with Gasteiger partial charge < -0.3 is 14.8 Å². The van der Waals surface area contributed by atoms with Crippen molar-refractivity contribution in [1.82, 2.24) is 10.3 Å². The molecule has 0 spiro atoms. The average Bonchev–Trinajstić information content (AvgIpc) is 2.41. The summed E-state index contributed by atoms with van der Waals surface area (Å²) < 4.78 is 10.4. The van der Waals surface area contributed by atoms with E-state index in [-0.39, 0.29) is 0 Å². The van der Waals surface area contributed by atoms with Crippen molar-refractivity contribution in [3.05, 3.63) is 12.8 Å². The number of amides is 1. The SMILES string of the molecule is C=CN(CCOCCNC(=O)OC(C)(C)C)/N=C\C.CC. The van der Waals surface area contributed by atoms with Crippen molar-refractivity contribution >= 4 is 12.3 Å². The second-order valence-electron chi connectivity index (χ2n) is 4.76. The van der Waals surface area contributed by atoms with Gasteiger partial charge in [-0.2, -0.15) is 5.10 Å². The molecule has 0 aliphatic carbocycles. The predicted octanol–water partition coefficient (Wildman–Crippen LogP) is 3.01. The predicted molar refractivity (Wildman–Crippen MR) is 87.5 cm³/mol. The molecule has 0 aliphatic rings. The van der Waals surface area contributed by atoms with E-state index in [1.54, 1.807) is 17.4 Å². The van der Waals surface area contributed by atoms with Crippen LogP contribution in [0.3, 0.4) is 0 Å². The Morgan fingerprint density at radius 3 is 2.43 bits per heavy atom. The zero-order chi connectivity index (χ0) is 16.7. The molecule has 0 rings (SSSR count). The standard InChI is InChI=1S/C13H25N3O3.C2H6/c1-6-15-16(7-2)9-11-18-10-8-14-12(17)19-13(3,4)5;1-2/h6-7H,2,8-11H2,1,3-5H3,(H,14,17);1-2H3/b15-6-;. The van der Waals surface area contributed by atoms with E-state index in [4.69, 9.17) is 9.47 Å². The van der Waals surface area contributed by atoms with Crippen molar-refractivity contribution in [3.63, 3.8) is 0 Å². The van der Waals surface area contributed by atoms with Crippen LogP contribution in [-0.4, -0.2) is 49.2 Å². The van der Waals surface area contributed by atoms with Crippen molar-refractivity contribution in [2.45, 2.75) is 47.1 Å². The maximum atomic E-state index is 11.3. The number of alkyl carbamates (subject to hydrolysis) is 1. The fourth-order valence-electron chi connectivity index (χ4n) is 1.14. The number of carbonyl (C=O) groups excluding carboxylic acids is 1. The smallest absolute Gasteiger partial charge is 0.407 e. The molecule has 0 saturated carbocycles. The molecule has 0 aromatic rings. The van der Waals surface area contributed by atoms with Gasteiger partial charge in [0.05, 0.1) is 19.8 Å². The van der Waals surface area contributed by atoms with Gasteiger partial charge in [-0.05, 0) is 27.7 Å². The van der Waals surface area contributed by atoms with E-state index in [2.05, 4.69) is 17.0 Å². The van der Waals surface area contributed by atoms with Gasteiger partial charge in [-0.25, -0.2) is 4.79 Å². The minimum atomic E-state index is -0.479. The lowest BCUT2D eigenvalue weighted by Gasteiger charge is -2.19. The number of carbonyl (C=O) groups is 1. The third kappa shape index (κ3) is 16.4. The summed E-state index contributed by atoms with van der Waals surface area (Å²) in [7, 11) is 0. The fraction of sp³-hybridized carbons (Fsp3) is 0.733. The van der Waals surface area contributed by atoms with Gasteiger partial charge in [0.1, 0.15) is 5.60 Å². The van der Waals surface area contributed by atoms with Gasteiger partial charge in [-0.3, -0.25) is 5.01 Å². The van der Waals surface area contributed by atoms with E-state index in [9.17, 15) is 4.79 Å². The number of nitrogens with zero attached hydrogens (tertiary/aromatic N) is 2. The maximum Gasteiger partial charge on any atom is 0.407 e.